The molecule has 3 nitrogen and oxygen atoms in total. The molecule has 0 heterocycles. The van der Waals surface area contributed by atoms with Gasteiger partial charge in [-0.2, -0.15) is 0 Å². The van der Waals surface area contributed by atoms with E-state index in [-0.39, 0.29) is 5.97 Å². The predicted octanol–water partition coefficient (Wildman–Crippen LogP) is 3.23. The highest BCUT2D eigenvalue weighted by Gasteiger charge is 1.99. The summed E-state index contributed by atoms with van der Waals surface area (Å²) in [4.78, 5) is 12.3. The van der Waals surface area contributed by atoms with Gasteiger partial charge in [0, 0.05) is 27.4 Å². The second-order valence-electron chi connectivity index (χ2n) is 3.71. The molecule has 98 valence electrons. The maximum Gasteiger partial charge on any atom is 0.332 e. The predicted molar refractivity (Wildman–Crippen MR) is 75.7 cm³/mol. The van der Waals surface area contributed by atoms with Gasteiger partial charge in [-0.15, -0.1) is 11.8 Å². The molecular formula is C13H16ClNO2S. The standard InChI is InChI=1S/C13H16ClNO2S/c1-10(15)9-13(16)17-7-2-8-18-12-5-3-11(14)4-6-12/h3-6,9H,2,7-8,15H2,1H3/b10-9+. The van der Waals surface area contributed by atoms with Crippen molar-refractivity contribution in [3.05, 3.63) is 41.1 Å². The molecule has 0 atom stereocenters. The van der Waals surface area contributed by atoms with E-state index in [1.165, 1.54) is 6.08 Å². The van der Waals surface area contributed by atoms with Crippen LogP contribution in [-0.2, 0) is 9.53 Å². The number of hydrogen-bond acceptors (Lipinski definition) is 4. The molecule has 0 unspecified atom stereocenters. The number of allylic oxidation sites excluding steroid dienone is 1. The second-order valence-corrected chi connectivity index (χ2v) is 5.32. The third-order valence-corrected chi connectivity index (χ3v) is 3.31. The summed E-state index contributed by atoms with van der Waals surface area (Å²) >= 11 is 7.49. The molecule has 0 bridgehead atoms. The molecule has 0 aromatic heterocycles. The molecule has 18 heavy (non-hydrogen) atoms. The molecule has 0 saturated carbocycles. The molecule has 0 spiro atoms. The Balaban J connectivity index is 2.14. The molecule has 0 aliphatic carbocycles. The molecule has 1 aromatic rings. The van der Waals surface area contributed by atoms with Crippen LogP contribution in [0.2, 0.25) is 5.02 Å². The SMILES string of the molecule is C/C(N)=C\C(=O)OCCCSc1ccc(Cl)cc1. The molecule has 0 aliphatic heterocycles. The fraction of sp³-hybridized carbons (Fsp3) is 0.308. The van der Waals surface area contributed by atoms with Gasteiger partial charge in [0.2, 0.25) is 0 Å². The minimum Gasteiger partial charge on any atom is -0.462 e. The Hall–Kier alpha value is -1.13. The van der Waals surface area contributed by atoms with Gasteiger partial charge in [-0.05, 0) is 37.6 Å². The van der Waals surface area contributed by atoms with Crippen molar-refractivity contribution in [1.82, 2.24) is 0 Å². The number of halogens is 1. The molecule has 1 rings (SSSR count). The van der Waals surface area contributed by atoms with E-state index in [4.69, 9.17) is 22.1 Å². The molecule has 0 saturated heterocycles. The number of thioether (sulfide) groups is 1. The van der Waals surface area contributed by atoms with Gasteiger partial charge >= 0.3 is 5.97 Å². The number of ether oxygens (including phenoxy) is 1. The molecule has 5 heteroatoms. The van der Waals surface area contributed by atoms with Gasteiger partial charge in [-0.1, -0.05) is 11.6 Å². The Bertz CT molecular complexity index is 414. The lowest BCUT2D eigenvalue weighted by atomic mass is 10.4. The quantitative estimate of drug-likeness (QED) is 0.377. The topological polar surface area (TPSA) is 52.3 Å². The van der Waals surface area contributed by atoms with Gasteiger partial charge in [0.05, 0.1) is 6.61 Å². The number of rotatable bonds is 6. The first-order valence-electron chi connectivity index (χ1n) is 5.57. The fourth-order valence-corrected chi connectivity index (χ4v) is 2.13. The molecule has 0 fully saturated rings. The van der Waals surface area contributed by atoms with Gasteiger partial charge in [0.15, 0.2) is 0 Å². The van der Waals surface area contributed by atoms with Crippen LogP contribution in [0.4, 0.5) is 0 Å². The zero-order valence-corrected chi connectivity index (χ0v) is 11.8. The van der Waals surface area contributed by atoms with Crippen LogP contribution in [0.25, 0.3) is 0 Å². The molecule has 1 aromatic carbocycles. The number of nitrogens with two attached hydrogens (primary N) is 1. The van der Waals surface area contributed by atoms with Crippen molar-refractivity contribution in [2.45, 2.75) is 18.2 Å². The summed E-state index contributed by atoms with van der Waals surface area (Å²) in [6.07, 6.45) is 2.09. The number of esters is 1. The van der Waals surface area contributed by atoms with Crippen molar-refractivity contribution in [3.63, 3.8) is 0 Å². The Kier molecular flexibility index (Phi) is 6.68. The Morgan fingerprint density at radius 3 is 2.72 bits per heavy atom. The van der Waals surface area contributed by atoms with Crippen molar-refractivity contribution in [3.8, 4) is 0 Å². The Labute approximate surface area is 116 Å². The van der Waals surface area contributed by atoms with E-state index in [1.807, 2.05) is 24.3 Å². The number of hydrogen-bond donors (Lipinski definition) is 1. The monoisotopic (exact) mass is 285 g/mol. The van der Waals surface area contributed by atoms with E-state index < -0.39 is 0 Å². The third-order valence-electron chi connectivity index (χ3n) is 1.96. The van der Waals surface area contributed by atoms with E-state index >= 15 is 0 Å². The maximum absolute atomic E-state index is 11.1. The maximum atomic E-state index is 11.1. The number of carbonyl (C=O) groups is 1. The number of benzene rings is 1. The summed E-state index contributed by atoms with van der Waals surface area (Å²) in [6, 6.07) is 7.66. The molecule has 0 aliphatic rings. The summed E-state index contributed by atoms with van der Waals surface area (Å²) in [6.45, 7) is 2.06. The van der Waals surface area contributed by atoms with Crippen LogP contribution >= 0.6 is 23.4 Å². The molecule has 2 N–H and O–H groups in total. The smallest absolute Gasteiger partial charge is 0.332 e. The second kappa shape index (κ2) is 8.06. The van der Waals surface area contributed by atoms with E-state index in [1.54, 1.807) is 18.7 Å². The zero-order valence-electron chi connectivity index (χ0n) is 10.2. The summed E-state index contributed by atoms with van der Waals surface area (Å²) < 4.78 is 4.98. The first-order valence-corrected chi connectivity index (χ1v) is 6.93. The zero-order chi connectivity index (χ0) is 13.4. The number of carbonyl (C=O) groups excluding carboxylic acids is 1. The van der Waals surface area contributed by atoms with Crippen LogP contribution in [0.15, 0.2) is 40.9 Å². The van der Waals surface area contributed by atoms with Crippen molar-refractivity contribution in [1.29, 1.82) is 0 Å². The van der Waals surface area contributed by atoms with Crippen LogP contribution in [-0.4, -0.2) is 18.3 Å². The average Bonchev–Trinajstić information content (AvgIpc) is 2.30. The van der Waals surface area contributed by atoms with E-state index in [0.29, 0.717) is 12.3 Å². The summed E-state index contributed by atoms with van der Waals surface area (Å²) in [5, 5.41) is 0.734. The van der Waals surface area contributed by atoms with Crippen molar-refractivity contribution in [2.75, 3.05) is 12.4 Å². The van der Waals surface area contributed by atoms with Crippen LogP contribution in [0.1, 0.15) is 13.3 Å². The van der Waals surface area contributed by atoms with E-state index in [0.717, 1.165) is 22.1 Å². The lowest BCUT2D eigenvalue weighted by Crippen LogP contribution is -2.06. The van der Waals surface area contributed by atoms with E-state index in [9.17, 15) is 4.79 Å². The third kappa shape index (κ3) is 6.57. The minimum atomic E-state index is -0.383. The highest BCUT2D eigenvalue weighted by atomic mass is 35.5. The summed E-state index contributed by atoms with van der Waals surface area (Å²) in [5.41, 5.74) is 5.81. The summed E-state index contributed by atoms with van der Waals surface area (Å²) in [5.74, 6) is 0.506. The van der Waals surface area contributed by atoms with Gasteiger partial charge in [0.25, 0.3) is 0 Å². The fourth-order valence-electron chi connectivity index (χ4n) is 1.18. The van der Waals surface area contributed by atoms with Crippen LogP contribution in [0.5, 0.6) is 0 Å². The Morgan fingerprint density at radius 1 is 1.44 bits per heavy atom. The van der Waals surface area contributed by atoms with Gasteiger partial charge in [-0.3, -0.25) is 0 Å². The minimum absolute atomic E-state index is 0.383. The lowest BCUT2D eigenvalue weighted by Gasteiger charge is -2.03. The van der Waals surface area contributed by atoms with Gasteiger partial charge < -0.3 is 10.5 Å². The van der Waals surface area contributed by atoms with E-state index in [2.05, 4.69) is 0 Å². The van der Waals surface area contributed by atoms with Crippen molar-refractivity contribution < 1.29 is 9.53 Å². The molecule has 0 amide bonds. The first kappa shape index (κ1) is 14.9. The molecule has 0 radical (unpaired) electrons. The van der Waals surface area contributed by atoms with Crippen LogP contribution < -0.4 is 5.73 Å². The molecular weight excluding hydrogens is 270 g/mol. The highest BCUT2D eigenvalue weighted by molar-refractivity contribution is 7.99. The highest BCUT2D eigenvalue weighted by Crippen LogP contribution is 2.20. The largest absolute Gasteiger partial charge is 0.462 e. The van der Waals surface area contributed by atoms with Crippen molar-refractivity contribution >= 4 is 29.3 Å². The average molecular weight is 286 g/mol. The van der Waals surface area contributed by atoms with Crippen LogP contribution in [0.3, 0.4) is 0 Å². The van der Waals surface area contributed by atoms with Crippen molar-refractivity contribution in [2.24, 2.45) is 5.73 Å². The van der Waals surface area contributed by atoms with Gasteiger partial charge in [0.1, 0.15) is 0 Å². The van der Waals surface area contributed by atoms with Gasteiger partial charge in [-0.25, -0.2) is 4.79 Å². The van der Waals surface area contributed by atoms with Crippen LogP contribution in [0, 0.1) is 0 Å². The lowest BCUT2D eigenvalue weighted by molar-refractivity contribution is -0.137. The first-order chi connectivity index (χ1) is 8.58. The normalized spacial score (nSPS) is 11.3. The summed E-state index contributed by atoms with van der Waals surface area (Å²) in [7, 11) is 0. The Morgan fingerprint density at radius 2 is 2.11 bits per heavy atom.